The van der Waals surface area contributed by atoms with Gasteiger partial charge in [0.1, 0.15) is 12.4 Å². The van der Waals surface area contributed by atoms with Crippen LogP contribution in [0.4, 0.5) is 5.69 Å². The van der Waals surface area contributed by atoms with Gasteiger partial charge in [-0.2, -0.15) is 0 Å². The largest absolute Gasteiger partial charge is 0.486 e. The number of carbonyl (C=O) groups excluding carboxylic acids is 1. The summed E-state index contributed by atoms with van der Waals surface area (Å²) in [6, 6.07) is 15.5. The number of halogens is 1. The minimum Gasteiger partial charge on any atom is -0.486 e. The number of aryl methyl sites for hydroxylation is 1. The number of hydrogen-bond acceptors (Lipinski definition) is 5. The van der Waals surface area contributed by atoms with Crippen LogP contribution in [0.2, 0.25) is 0 Å². The molecule has 1 N–H and O–H groups in total. The number of rotatable bonds is 9. The highest BCUT2D eigenvalue weighted by atomic mass is 79.9. The smallest absolute Gasteiger partial charge is 0.234 e. The predicted molar refractivity (Wildman–Crippen MR) is 119 cm³/mol. The molecule has 6 nitrogen and oxygen atoms in total. The van der Waals surface area contributed by atoms with Gasteiger partial charge in [-0.25, -0.2) is 0 Å². The third-order valence-corrected chi connectivity index (χ3v) is 5.79. The number of nitrogens with one attached hydrogen (secondary N) is 1. The molecule has 1 aromatic heterocycles. The van der Waals surface area contributed by atoms with Crippen LogP contribution in [0.5, 0.6) is 5.75 Å². The van der Waals surface area contributed by atoms with E-state index in [1.54, 1.807) is 0 Å². The van der Waals surface area contributed by atoms with Crippen LogP contribution in [0.15, 0.2) is 58.2 Å². The maximum Gasteiger partial charge on any atom is 0.234 e. The zero-order chi connectivity index (χ0) is 20.6. The monoisotopic (exact) mass is 474 g/mol. The van der Waals surface area contributed by atoms with Crippen LogP contribution in [-0.4, -0.2) is 26.4 Å². The second kappa shape index (κ2) is 10.5. The Balaban J connectivity index is 1.58. The van der Waals surface area contributed by atoms with Crippen molar-refractivity contribution < 1.29 is 9.53 Å². The van der Waals surface area contributed by atoms with E-state index >= 15 is 0 Å². The number of thioether (sulfide) groups is 1. The van der Waals surface area contributed by atoms with E-state index in [0.717, 1.165) is 33.7 Å². The lowest BCUT2D eigenvalue weighted by atomic mass is 10.1. The summed E-state index contributed by atoms with van der Waals surface area (Å²) in [5, 5.41) is 12.2. The molecule has 0 radical (unpaired) electrons. The molecular formula is C21H23BrN4O2S. The SMILES string of the molecule is CCc1ccccc1NC(=O)CSc1nnc(COc2ccc(Br)cc2)n1CC. The Morgan fingerprint density at radius 3 is 2.62 bits per heavy atom. The number of nitrogens with zero attached hydrogens (tertiary/aromatic N) is 3. The molecule has 0 unspecified atom stereocenters. The van der Waals surface area contributed by atoms with Crippen molar-refractivity contribution in [2.24, 2.45) is 0 Å². The maximum atomic E-state index is 12.4. The standard InChI is InChI=1S/C21H23BrN4O2S/c1-3-15-7-5-6-8-18(15)23-20(27)14-29-21-25-24-19(26(21)4-2)13-28-17-11-9-16(22)10-12-17/h5-12H,3-4,13-14H2,1-2H3,(H,23,27). The summed E-state index contributed by atoms with van der Waals surface area (Å²) in [5.41, 5.74) is 1.98. The molecule has 0 spiro atoms. The molecule has 3 rings (SSSR count). The molecule has 1 amide bonds. The summed E-state index contributed by atoms with van der Waals surface area (Å²) in [4.78, 5) is 12.4. The first-order chi connectivity index (χ1) is 14.1. The van der Waals surface area contributed by atoms with Crippen molar-refractivity contribution in [3.8, 4) is 5.75 Å². The Morgan fingerprint density at radius 2 is 1.90 bits per heavy atom. The molecule has 1 heterocycles. The number of para-hydroxylation sites is 1. The van der Waals surface area contributed by atoms with Crippen LogP contribution in [0.3, 0.4) is 0 Å². The lowest BCUT2D eigenvalue weighted by molar-refractivity contribution is -0.113. The van der Waals surface area contributed by atoms with Gasteiger partial charge in [0.25, 0.3) is 0 Å². The Morgan fingerprint density at radius 1 is 1.14 bits per heavy atom. The van der Waals surface area contributed by atoms with Crippen LogP contribution in [0, 0.1) is 0 Å². The molecule has 0 fully saturated rings. The minimum atomic E-state index is -0.0609. The maximum absolute atomic E-state index is 12.4. The Labute approximate surface area is 183 Å². The Kier molecular flexibility index (Phi) is 7.71. The second-order valence-corrected chi connectivity index (χ2v) is 8.09. The number of carbonyl (C=O) groups is 1. The van der Waals surface area contributed by atoms with Gasteiger partial charge in [-0.3, -0.25) is 4.79 Å². The van der Waals surface area contributed by atoms with Crippen molar-refractivity contribution >= 4 is 39.3 Å². The van der Waals surface area contributed by atoms with E-state index < -0.39 is 0 Å². The fraction of sp³-hybridized carbons (Fsp3) is 0.286. The lowest BCUT2D eigenvalue weighted by Gasteiger charge is -2.10. The average Bonchev–Trinajstić information content (AvgIpc) is 3.14. The summed E-state index contributed by atoms with van der Waals surface area (Å²) in [6.45, 7) is 5.11. The quantitative estimate of drug-likeness (QED) is 0.445. The number of ether oxygens (including phenoxy) is 1. The highest BCUT2D eigenvalue weighted by molar-refractivity contribution is 9.10. The Hall–Kier alpha value is -2.32. The molecule has 3 aromatic rings. The van der Waals surface area contributed by atoms with E-state index in [-0.39, 0.29) is 11.7 Å². The van der Waals surface area contributed by atoms with Gasteiger partial charge in [-0.15, -0.1) is 10.2 Å². The molecule has 8 heteroatoms. The molecule has 152 valence electrons. The van der Waals surface area contributed by atoms with Crippen LogP contribution in [0.1, 0.15) is 25.2 Å². The third-order valence-electron chi connectivity index (χ3n) is 4.30. The first kappa shape index (κ1) is 21.4. The predicted octanol–water partition coefficient (Wildman–Crippen LogP) is 4.93. The summed E-state index contributed by atoms with van der Waals surface area (Å²) in [5.74, 6) is 1.70. The molecule has 0 atom stereocenters. The van der Waals surface area contributed by atoms with Crippen molar-refractivity contribution in [2.75, 3.05) is 11.1 Å². The zero-order valence-electron chi connectivity index (χ0n) is 16.4. The Bertz CT molecular complexity index is 960. The van der Waals surface area contributed by atoms with Gasteiger partial charge in [0.15, 0.2) is 11.0 Å². The van der Waals surface area contributed by atoms with E-state index in [0.29, 0.717) is 18.3 Å². The highest BCUT2D eigenvalue weighted by Gasteiger charge is 2.14. The van der Waals surface area contributed by atoms with Crippen LogP contribution in [-0.2, 0) is 24.4 Å². The van der Waals surface area contributed by atoms with Crippen LogP contribution in [0.25, 0.3) is 0 Å². The fourth-order valence-electron chi connectivity index (χ4n) is 2.80. The van der Waals surface area contributed by atoms with E-state index in [9.17, 15) is 4.79 Å². The van der Waals surface area contributed by atoms with Crippen molar-refractivity contribution in [1.82, 2.24) is 14.8 Å². The molecule has 0 bridgehead atoms. The normalized spacial score (nSPS) is 10.7. The number of aromatic nitrogens is 3. The summed E-state index contributed by atoms with van der Waals surface area (Å²) in [6.07, 6.45) is 0.871. The summed E-state index contributed by atoms with van der Waals surface area (Å²) >= 11 is 4.78. The van der Waals surface area contributed by atoms with Gasteiger partial charge in [-0.1, -0.05) is 52.8 Å². The molecule has 2 aromatic carbocycles. The molecule has 29 heavy (non-hydrogen) atoms. The van der Waals surface area contributed by atoms with E-state index in [1.165, 1.54) is 11.8 Å². The van der Waals surface area contributed by atoms with E-state index in [1.807, 2.05) is 60.0 Å². The van der Waals surface area contributed by atoms with Crippen LogP contribution >= 0.6 is 27.7 Å². The molecule has 0 aliphatic heterocycles. The zero-order valence-corrected chi connectivity index (χ0v) is 18.8. The van der Waals surface area contributed by atoms with Crippen molar-refractivity contribution in [3.63, 3.8) is 0 Å². The molecule has 0 aliphatic carbocycles. The number of hydrogen-bond donors (Lipinski definition) is 1. The average molecular weight is 475 g/mol. The van der Waals surface area contributed by atoms with Crippen LogP contribution < -0.4 is 10.1 Å². The molecule has 0 saturated heterocycles. The number of amides is 1. The number of benzene rings is 2. The van der Waals surface area contributed by atoms with Crippen molar-refractivity contribution in [3.05, 3.63) is 64.4 Å². The van der Waals surface area contributed by atoms with Crippen molar-refractivity contribution in [2.45, 2.75) is 38.6 Å². The molecule has 0 saturated carbocycles. The summed E-state index contributed by atoms with van der Waals surface area (Å²) in [7, 11) is 0. The highest BCUT2D eigenvalue weighted by Crippen LogP contribution is 2.21. The third kappa shape index (κ3) is 5.83. The molecular weight excluding hydrogens is 452 g/mol. The van der Waals surface area contributed by atoms with E-state index in [2.05, 4.69) is 38.4 Å². The fourth-order valence-corrected chi connectivity index (χ4v) is 3.88. The van der Waals surface area contributed by atoms with Gasteiger partial charge in [0.05, 0.1) is 5.75 Å². The van der Waals surface area contributed by atoms with Gasteiger partial charge < -0.3 is 14.6 Å². The first-order valence-corrected chi connectivity index (χ1v) is 11.2. The summed E-state index contributed by atoms with van der Waals surface area (Å²) < 4.78 is 8.77. The second-order valence-electron chi connectivity index (χ2n) is 6.23. The number of anilines is 1. The van der Waals surface area contributed by atoms with Gasteiger partial charge in [-0.05, 0) is 49.2 Å². The van der Waals surface area contributed by atoms with Crippen molar-refractivity contribution in [1.29, 1.82) is 0 Å². The van der Waals surface area contributed by atoms with Gasteiger partial charge >= 0.3 is 0 Å². The van der Waals surface area contributed by atoms with E-state index in [4.69, 9.17) is 4.74 Å². The molecule has 0 aliphatic rings. The van der Waals surface area contributed by atoms with Gasteiger partial charge in [0, 0.05) is 16.7 Å². The lowest BCUT2D eigenvalue weighted by Crippen LogP contribution is -2.16. The minimum absolute atomic E-state index is 0.0609. The first-order valence-electron chi connectivity index (χ1n) is 9.41. The van der Waals surface area contributed by atoms with Gasteiger partial charge in [0.2, 0.25) is 5.91 Å². The topological polar surface area (TPSA) is 69.0 Å².